The summed E-state index contributed by atoms with van der Waals surface area (Å²) in [6.07, 6.45) is 0. The zero-order valence-electron chi connectivity index (χ0n) is 14.8. The summed E-state index contributed by atoms with van der Waals surface area (Å²) in [5.74, 6) is 1.54. The van der Waals surface area contributed by atoms with Crippen molar-refractivity contribution < 1.29 is 0 Å². The summed E-state index contributed by atoms with van der Waals surface area (Å²) >= 11 is 0. The number of aliphatic imine (C=N–C) groups is 1. The summed E-state index contributed by atoms with van der Waals surface area (Å²) < 4.78 is 0. The fraction of sp³-hybridized carbons (Fsp3) is 0.938. The molecule has 0 aromatic heterocycles. The van der Waals surface area contributed by atoms with Crippen LogP contribution in [0.2, 0.25) is 0 Å². The molecule has 124 valence electrons. The molecule has 1 rings (SSSR count). The standard InChI is InChI=1S/C16H35N5/c1-7-17-16(19-15(5)13(2)3)18-12-14(4)21-10-8-20(6)9-11-21/h13-15H,7-12H2,1-6H3,(H2,17,18,19). The molecule has 0 bridgehead atoms. The monoisotopic (exact) mass is 297 g/mol. The van der Waals surface area contributed by atoms with Crippen LogP contribution in [0.5, 0.6) is 0 Å². The molecular formula is C16H35N5. The molecule has 1 aliphatic heterocycles. The van der Waals surface area contributed by atoms with Crippen molar-refractivity contribution in [1.82, 2.24) is 20.4 Å². The molecule has 2 atom stereocenters. The van der Waals surface area contributed by atoms with Gasteiger partial charge >= 0.3 is 0 Å². The highest BCUT2D eigenvalue weighted by atomic mass is 15.3. The van der Waals surface area contributed by atoms with Crippen LogP contribution < -0.4 is 10.6 Å². The largest absolute Gasteiger partial charge is 0.357 e. The molecule has 0 spiro atoms. The van der Waals surface area contributed by atoms with Crippen LogP contribution >= 0.6 is 0 Å². The Kier molecular flexibility index (Phi) is 8.04. The van der Waals surface area contributed by atoms with Crippen LogP contribution in [0.4, 0.5) is 0 Å². The van der Waals surface area contributed by atoms with Crippen molar-refractivity contribution in [2.45, 2.75) is 46.7 Å². The van der Waals surface area contributed by atoms with E-state index < -0.39 is 0 Å². The summed E-state index contributed by atoms with van der Waals surface area (Å²) in [6.45, 7) is 17.4. The molecule has 0 aromatic carbocycles. The number of likely N-dealkylation sites (N-methyl/N-ethyl adjacent to an activating group) is 1. The molecule has 0 amide bonds. The molecule has 0 saturated carbocycles. The highest BCUT2D eigenvalue weighted by molar-refractivity contribution is 5.80. The van der Waals surface area contributed by atoms with E-state index in [-0.39, 0.29) is 0 Å². The Labute approximate surface area is 131 Å². The van der Waals surface area contributed by atoms with Gasteiger partial charge in [-0.25, -0.2) is 0 Å². The lowest BCUT2D eigenvalue weighted by molar-refractivity contribution is 0.122. The summed E-state index contributed by atoms with van der Waals surface area (Å²) in [7, 11) is 2.20. The summed E-state index contributed by atoms with van der Waals surface area (Å²) in [5.41, 5.74) is 0. The molecule has 1 fully saturated rings. The Morgan fingerprint density at radius 2 is 1.71 bits per heavy atom. The number of piperazine rings is 1. The van der Waals surface area contributed by atoms with Crippen LogP contribution in [0.3, 0.4) is 0 Å². The topological polar surface area (TPSA) is 42.9 Å². The van der Waals surface area contributed by atoms with E-state index in [0.29, 0.717) is 18.0 Å². The van der Waals surface area contributed by atoms with Gasteiger partial charge in [0.05, 0.1) is 6.54 Å². The maximum atomic E-state index is 4.77. The van der Waals surface area contributed by atoms with Gasteiger partial charge < -0.3 is 15.5 Å². The van der Waals surface area contributed by atoms with Crippen LogP contribution in [0.25, 0.3) is 0 Å². The van der Waals surface area contributed by atoms with E-state index >= 15 is 0 Å². The van der Waals surface area contributed by atoms with Gasteiger partial charge in [0.15, 0.2) is 5.96 Å². The normalized spacial score (nSPS) is 21.4. The van der Waals surface area contributed by atoms with Gasteiger partial charge in [-0.15, -0.1) is 0 Å². The number of nitrogens with one attached hydrogen (secondary N) is 2. The Hall–Kier alpha value is -0.810. The van der Waals surface area contributed by atoms with E-state index in [9.17, 15) is 0 Å². The predicted molar refractivity (Wildman–Crippen MR) is 91.9 cm³/mol. The number of hydrogen-bond acceptors (Lipinski definition) is 3. The molecular weight excluding hydrogens is 262 g/mol. The molecule has 1 aliphatic rings. The van der Waals surface area contributed by atoms with E-state index in [1.165, 1.54) is 0 Å². The van der Waals surface area contributed by atoms with Crippen LogP contribution in [0.1, 0.15) is 34.6 Å². The Morgan fingerprint density at radius 3 is 2.24 bits per heavy atom. The third kappa shape index (κ3) is 6.66. The van der Waals surface area contributed by atoms with Gasteiger partial charge in [0.25, 0.3) is 0 Å². The maximum absolute atomic E-state index is 4.77. The van der Waals surface area contributed by atoms with E-state index in [1.807, 2.05) is 0 Å². The molecule has 2 N–H and O–H groups in total. The summed E-state index contributed by atoms with van der Waals surface area (Å²) in [4.78, 5) is 9.70. The van der Waals surface area contributed by atoms with Crippen molar-refractivity contribution in [3.63, 3.8) is 0 Å². The lowest BCUT2D eigenvalue weighted by Crippen LogP contribution is -2.49. The first-order chi connectivity index (χ1) is 9.93. The third-order valence-corrected chi connectivity index (χ3v) is 4.38. The zero-order valence-corrected chi connectivity index (χ0v) is 14.8. The molecule has 1 heterocycles. The fourth-order valence-electron chi connectivity index (χ4n) is 2.30. The van der Waals surface area contributed by atoms with Gasteiger partial charge in [-0.05, 0) is 33.7 Å². The first-order valence-corrected chi connectivity index (χ1v) is 8.41. The molecule has 5 nitrogen and oxygen atoms in total. The quantitative estimate of drug-likeness (QED) is 0.571. The molecule has 1 saturated heterocycles. The lowest BCUT2D eigenvalue weighted by Gasteiger charge is -2.36. The first-order valence-electron chi connectivity index (χ1n) is 8.41. The second-order valence-corrected chi connectivity index (χ2v) is 6.58. The van der Waals surface area contributed by atoms with E-state index in [2.05, 4.69) is 62.1 Å². The van der Waals surface area contributed by atoms with Gasteiger partial charge in [-0.2, -0.15) is 0 Å². The Balaban J connectivity index is 2.48. The molecule has 0 aliphatic carbocycles. The zero-order chi connectivity index (χ0) is 15.8. The number of rotatable bonds is 6. The fourth-order valence-corrected chi connectivity index (χ4v) is 2.30. The number of guanidine groups is 1. The SMILES string of the molecule is CCNC(=NCC(C)N1CCN(C)CC1)NC(C)C(C)C. The summed E-state index contributed by atoms with van der Waals surface area (Å²) in [6, 6.07) is 0.935. The van der Waals surface area contributed by atoms with Crippen molar-refractivity contribution in [1.29, 1.82) is 0 Å². The number of nitrogens with zero attached hydrogens (tertiary/aromatic N) is 3. The predicted octanol–water partition coefficient (Wildman–Crippen LogP) is 1.22. The van der Waals surface area contributed by atoms with Gasteiger partial charge in [-0.1, -0.05) is 13.8 Å². The van der Waals surface area contributed by atoms with Crippen molar-refractivity contribution in [3.8, 4) is 0 Å². The van der Waals surface area contributed by atoms with Gasteiger partial charge in [0.2, 0.25) is 0 Å². The molecule has 5 heteroatoms. The van der Waals surface area contributed by atoms with Crippen molar-refractivity contribution in [3.05, 3.63) is 0 Å². The van der Waals surface area contributed by atoms with E-state index in [1.54, 1.807) is 0 Å². The highest BCUT2D eigenvalue weighted by Gasteiger charge is 2.19. The van der Waals surface area contributed by atoms with Crippen LogP contribution in [-0.4, -0.2) is 74.2 Å². The van der Waals surface area contributed by atoms with Crippen LogP contribution in [0, 0.1) is 5.92 Å². The second-order valence-electron chi connectivity index (χ2n) is 6.58. The Bertz CT molecular complexity index is 308. The first kappa shape index (κ1) is 18.2. The Morgan fingerprint density at radius 1 is 1.10 bits per heavy atom. The second kappa shape index (κ2) is 9.26. The van der Waals surface area contributed by atoms with Gasteiger partial charge in [0.1, 0.15) is 0 Å². The van der Waals surface area contributed by atoms with Crippen LogP contribution in [-0.2, 0) is 0 Å². The third-order valence-electron chi connectivity index (χ3n) is 4.38. The minimum atomic E-state index is 0.432. The van der Waals surface area contributed by atoms with Crippen molar-refractivity contribution in [2.24, 2.45) is 10.9 Å². The van der Waals surface area contributed by atoms with E-state index in [0.717, 1.165) is 45.2 Å². The average Bonchev–Trinajstić information content (AvgIpc) is 2.45. The molecule has 0 aromatic rings. The molecule has 2 unspecified atom stereocenters. The van der Waals surface area contributed by atoms with Crippen LogP contribution in [0.15, 0.2) is 4.99 Å². The maximum Gasteiger partial charge on any atom is 0.191 e. The van der Waals surface area contributed by atoms with Gasteiger partial charge in [0, 0.05) is 44.8 Å². The molecule has 0 radical (unpaired) electrons. The number of hydrogen-bond donors (Lipinski definition) is 2. The van der Waals surface area contributed by atoms with Crippen molar-refractivity contribution in [2.75, 3.05) is 46.3 Å². The average molecular weight is 297 g/mol. The van der Waals surface area contributed by atoms with Crippen molar-refractivity contribution >= 4 is 5.96 Å². The smallest absolute Gasteiger partial charge is 0.191 e. The molecule has 21 heavy (non-hydrogen) atoms. The van der Waals surface area contributed by atoms with Gasteiger partial charge in [-0.3, -0.25) is 9.89 Å². The minimum absolute atomic E-state index is 0.432. The van der Waals surface area contributed by atoms with E-state index in [4.69, 9.17) is 4.99 Å². The lowest BCUT2D eigenvalue weighted by atomic mass is 10.1. The summed E-state index contributed by atoms with van der Waals surface area (Å²) in [5, 5.41) is 6.84. The highest BCUT2D eigenvalue weighted by Crippen LogP contribution is 2.05. The minimum Gasteiger partial charge on any atom is -0.357 e.